The Hall–Kier alpha value is -1.29. The van der Waals surface area contributed by atoms with Crippen LogP contribution in [-0.2, 0) is 4.74 Å². The molecule has 1 aromatic rings. The van der Waals surface area contributed by atoms with Crippen molar-refractivity contribution in [2.24, 2.45) is 5.41 Å². The molecule has 0 unspecified atom stereocenters. The Kier molecular flexibility index (Phi) is 54.6. The number of hydrogen-bond donors (Lipinski definition) is 0. The van der Waals surface area contributed by atoms with Crippen molar-refractivity contribution in [1.82, 2.24) is 0 Å². The highest BCUT2D eigenvalue weighted by Gasteiger charge is 2.64. The van der Waals surface area contributed by atoms with Gasteiger partial charge in [-0.3, -0.25) is 0 Å². The fraction of sp³-hybridized carbons (Fsp3) is 0.750. The first-order chi connectivity index (χ1) is 13.2. The lowest BCUT2D eigenvalue weighted by Gasteiger charge is -2.29. The molecule has 1 aromatic carbocycles. The van der Waals surface area contributed by atoms with E-state index >= 15 is 0 Å². The first kappa shape index (κ1) is 58.5. The maximum Gasteiger partial charge on any atom is 0.402 e. The lowest BCUT2D eigenvalue weighted by molar-refractivity contribution is -0.327. The van der Waals surface area contributed by atoms with Crippen molar-refractivity contribution in [2.45, 2.75) is 77.2 Å². The minimum absolute atomic E-state index is 0. The average Bonchev–Trinajstić information content (AvgIpc) is 2.63. The Balaban J connectivity index is -0.0000000361. The molecule has 1 rings (SSSR count). The summed E-state index contributed by atoms with van der Waals surface area (Å²) in [5, 5.41) is 0. The molecule has 0 aliphatic carbocycles. The van der Waals surface area contributed by atoms with Gasteiger partial charge < -0.3 is 14.2 Å². The summed E-state index contributed by atoms with van der Waals surface area (Å²) in [5.41, 5.74) is -3.62. The van der Waals surface area contributed by atoms with Crippen molar-refractivity contribution in [1.29, 1.82) is 0 Å². The van der Waals surface area contributed by atoms with Gasteiger partial charge in [-0.05, 0) is 38.5 Å². The Morgan fingerprint density at radius 2 is 0.853 bits per heavy atom. The van der Waals surface area contributed by atoms with Crippen molar-refractivity contribution < 1.29 is 40.6 Å². The molecule has 0 aliphatic heterocycles. The van der Waals surface area contributed by atoms with E-state index in [4.69, 9.17) is 9.47 Å². The molecule has 0 saturated heterocycles. The molecule has 0 fully saturated rings. The Bertz CT molecular complexity index is 443. The van der Waals surface area contributed by atoms with E-state index in [9.17, 15) is 26.3 Å². The maximum absolute atomic E-state index is 11.6. The van der Waals surface area contributed by atoms with Gasteiger partial charge in [0.25, 0.3) is 0 Å². The monoisotopic (exact) mass is 536 g/mol. The van der Waals surface area contributed by atoms with Crippen LogP contribution in [0.5, 0.6) is 11.5 Å². The van der Waals surface area contributed by atoms with Gasteiger partial charge in [-0.2, -0.15) is 38.1 Å². The van der Waals surface area contributed by atoms with Crippen LogP contribution < -0.4 is 9.47 Å². The van der Waals surface area contributed by atoms with E-state index in [0.29, 0.717) is 0 Å². The smallest absolute Gasteiger partial charge is 0.402 e. The van der Waals surface area contributed by atoms with Gasteiger partial charge in [-0.15, -0.1) is 0 Å². The molecule has 0 spiro atoms. The number of halogens is 6. The molecule has 0 aliphatic rings. The zero-order valence-corrected chi connectivity index (χ0v) is 19.5. The van der Waals surface area contributed by atoms with Crippen LogP contribution in [-0.4, -0.2) is 53.3 Å². The molecule has 34 heavy (non-hydrogen) atoms. The largest absolute Gasteiger partial charge is 0.497 e. The molecule has 0 saturated carbocycles. The third-order valence-corrected chi connectivity index (χ3v) is 2.69. The van der Waals surface area contributed by atoms with Crippen LogP contribution in [0.2, 0.25) is 0 Å². The van der Waals surface area contributed by atoms with Crippen molar-refractivity contribution in [2.75, 3.05) is 41.0 Å². The molecule has 0 radical (unpaired) electrons. The summed E-state index contributed by atoms with van der Waals surface area (Å²) in [7, 11) is 6.52. The summed E-state index contributed by atoms with van der Waals surface area (Å²) >= 11 is 1.75. The molecule has 0 N–H and O–H groups in total. The van der Waals surface area contributed by atoms with Crippen LogP contribution >= 0.6 is 11.8 Å². The molecule has 0 atom stereocenters. The van der Waals surface area contributed by atoms with Gasteiger partial charge in [-0.25, -0.2) is 0 Å². The number of rotatable bonds is 2. The van der Waals surface area contributed by atoms with Crippen LogP contribution in [0.4, 0.5) is 26.3 Å². The molecule has 0 bridgehead atoms. The molecule has 10 heteroatoms. The summed E-state index contributed by atoms with van der Waals surface area (Å²) in [6, 6.07) is 7.47. The molecule has 0 aromatic heterocycles. The lowest BCUT2D eigenvalue weighted by atomic mass is 9.92. The SMILES string of the molecule is C.C.C.C.C.CC.CC(C)(C(F)(F)F)C(F)(F)F.COC.COc1cccc(OC)c1.CSC. The topological polar surface area (TPSA) is 27.7 Å². The van der Waals surface area contributed by atoms with Crippen molar-refractivity contribution in [3.63, 3.8) is 0 Å². The normalized spacial score (nSPS) is 8.82. The zero-order valence-electron chi connectivity index (χ0n) is 18.7. The molecule has 0 amide bonds. The second kappa shape index (κ2) is 31.7. The Morgan fingerprint density at radius 3 is 0.971 bits per heavy atom. The second-order valence-corrected chi connectivity index (χ2v) is 6.14. The van der Waals surface area contributed by atoms with Crippen LogP contribution in [0.1, 0.15) is 64.8 Å². The Morgan fingerprint density at radius 1 is 0.647 bits per heavy atom. The molecule has 3 nitrogen and oxygen atoms in total. The summed E-state index contributed by atoms with van der Waals surface area (Å²) < 4.78 is 83.9. The van der Waals surface area contributed by atoms with Gasteiger partial charge in [0.05, 0.1) is 14.2 Å². The van der Waals surface area contributed by atoms with Crippen molar-refractivity contribution >= 4 is 11.8 Å². The highest BCUT2D eigenvalue weighted by atomic mass is 32.2. The van der Waals surface area contributed by atoms with Gasteiger partial charge >= 0.3 is 12.4 Å². The first-order valence-electron chi connectivity index (χ1n) is 8.31. The Labute approximate surface area is 212 Å². The summed E-state index contributed by atoms with van der Waals surface area (Å²) in [6.45, 7) is 4.21. The summed E-state index contributed by atoms with van der Waals surface area (Å²) in [6.07, 6.45) is -6.41. The minimum atomic E-state index is -5.24. The fourth-order valence-corrected chi connectivity index (χ4v) is 0.889. The van der Waals surface area contributed by atoms with Crippen LogP contribution in [0, 0.1) is 5.41 Å². The van der Waals surface area contributed by atoms with E-state index < -0.39 is 17.8 Å². The van der Waals surface area contributed by atoms with Crippen molar-refractivity contribution in [3.8, 4) is 11.5 Å². The van der Waals surface area contributed by atoms with Gasteiger partial charge in [0.2, 0.25) is 0 Å². The van der Waals surface area contributed by atoms with E-state index in [0.717, 1.165) is 11.5 Å². The fourth-order valence-electron chi connectivity index (χ4n) is 0.889. The molecule has 0 heterocycles. The molecular weight excluding hydrogens is 482 g/mol. The van der Waals surface area contributed by atoms with E-state index in [1.54, 1.807) is 40.2 Å². The quantitative estimate of drug-likeness (QED) is 0.351. The predicted molar refractivity (Wildman–Crippen MR) is 143 cm³/mol. The lowest BCUT2D eigenvalue weighted by Crippen LogP contribution is -2.44. The average molecular weight is 537 g/mol. The van der Waals surface area contributed by atoms with Gasteiger partial charge in [0.1, 0.15) is 11.5 Å². The predicted octanol–water partition coefficient (Wildman–Crippen LogP) is 10.3. The third-order valence-electron chi connectivity index (χ3n) is 2.69. The summed E-state index contributed by atoms with van der Waals surface area (Å²) in [5.74, 6) is 1.64. The van der Waals surface area contributed by atoms with Crippen LogP contribution in [0.15, 0.2) is 24.3 Å². The van der Waals surface area contributed by atoms with Gasteiger partial charge in [0.15, 0.2) is 5.41 Å². The molecule has 216 valence electrons. The van der Waals surface area contributed by atoms with Gasteiger partial charge in [-0.1, -0.05) is 57.0 Å². The first-order valence-corrected chi connectivity index (χ1v) is 9.95. The van der Waals surface area contributed by atoms with Crippen LogP contribution in [0.3, 0.4) is 0 Å². The van der Waals surface area contributed by atoms with Gasteiger partial charge in [0, 0.05) is 20.3 Å². The third kappa shape index (κ3) is 28.7. The summed E-state index contributed by atoms with van der Waals surface area (Å²) in [4.78, 5) is 0. The number of thioether (sulfide) groups is 1. The number of benzene rings is 1. The van der Waals surface area contributed by atoms with E-state index in [1.165, 1.54) is 0 Å². The standard InChI is InChI=1S/C8H10O2.C5H6F6.C2H6O.C2H6S.C2H6.5CH4/c1-9-7-4-3-5-8(6-7)10-2;1-3(2,4(6,7)8)5(9,10)11;2*1-3-2;1-2;;;;;/h3-6H,1-2H3;1-2H3;2*1-2H3;1-2H3;5*1H4. The van der Waals surface area contributed by atoms with E-state index in [1.807, 2.05) is 50.6 Å². The van der Waals surface area contributed by atoms with Crippen LogP contribution in [0.25, 0.3) is 0 Å². The number of alkyl halides is 6. The second-order valence-electron chi connectivity index (χ2n) is 5.32. The van der Waals surface area contributed by atoms with Crippen molar-refractivity contribution in [3.05, 3.63) is 24.3 Å². The highest BCUT2D eigenvalue weighted by Crippen LogP contribution is 2.49. The van der Waals surface area contributed by atoms with E-state index in [-0.39, 0.29) is 51.0 Å². The maximum atomic E-state index is 11.6. The zero-order chi connectivity index (χ0) is 24.3. The minimum Gasteiger partial charge on any atom is -0.497 e. The van der Waals surface area contributed by atoms with E-state index in [2.05, 4.69) is 4.74 Å². The number of methoxy groups -OCH3 is 3. The number of ether oxygens (including phenoxy) is 3. The molecular formula is C24H54F6O3S. The number of hydrogen-bond acceptors (Lipinski definition) is 4. The highest BCUT2D eigenvalue weighted by molar-refractivity contribution is 7.97.